The predicted molar refractivity (Wildman–Crippen MR) is 43.4 cm³/mol. The highest BCUT2D eigenvalue weighted by atomic mass is 35.5. The second kappa shape index (κ2) is 3.12. The van der Waals surface area contributed by atoms with E-state index in [1.807, 2.05) is 0 Å². The molecule has 12 heavy (non-hydrogen) atoms. The predicted octanol–water partition coefficient (Wildman–Crippen LogP) is -0.485. The second-order valence-electron chi connectivity index (χ2n) is 2.36. The first-order valence-corrected chi connectivity index (χ1v) is 3.19. The molecule has 0 radical (unpaired) electrons. The van der Waals surface area contributed by atoms with Crippen LogP contribution in [-0.2, 0) is 18.0 Å². The van der Waals surface area contributed by atoms with Crippen LogP contribution < -0.4 is 11.2 Å². The molecule has 0 atom stereocenters. The molecule has 1 aromatic heterocycles. The summed E-state index contributed by atoms with van der Waals surface area (Å²) < 4.78 is 4.96. The van der Waals surface area contributed by atoms with Crippen LogP contribution in [0.2, 0.25) is 0 Å². The van der Waals surface area contributed by atoms with Gasteiger partial charge in [-0.15, -0.1) is 12.4 Å². The zero-order valence-corrected chi connectivity index (χ0v) is 6.86. The Morgan fingerprint density at radius 2 is 1.92 bits per heavy atom. The van der Waals surface area contributed by atoms with Gasteiger partial charge >= 0.3 is 5.69 Å². The quantitative estimate of drug-likeness (QED) is 0.580. The fourth-order valence-electron chi connectivity index (χ4n) is 1.09. The number of H-pyrrole nitrogens is 2. The van der Waals surface area contributed by atoms with Gasteiger partial charge in [-0.1, -0.05) is 0 Å². The molecule has 0 saturated heterocycles. The summed E-state index contributed by atoms with van der Waals surface area (Å²) in [5, 5.41) is 0. The second-order valence-corrected chi connectivity index (χ2v) is 2.36. The van der Waals surface area contributed by atoms with Gasteiger partial charge in [0.1, 0.15) is 0 Å². The lowest BCUT2D eigenvalue weighted by Crippen LogP contribution is -2.25. The van der Waals surface area contributed by atoms with Gasteiger partial charge in [0, 0.05) is 0 Å². The third-order valence-electron chi connectivity index (χ3n) is 1.62. The maximum Gasteiger partial charge on any atom is 0.325 e. The number of halogens is 1. The van der Waals surface area contributed by atoms with Crippen molar-refractivity contribution in [3.8, 4) is 0 Å². The molecule has 0 unspecified atom stereocenters. The SMILES string of the molecule is Cl.O=c1[nH]c2c(c(=O)[nH]1)COC2. The molecule has 2 heterocycles. The van der Waals surface area contributed by atoms with Crippen LogP contribution in [0.3, 0.4) is 0 Å². The Balaban J connectivity index is 0.000000720. The van der Waals surface area contributed by atoms with E-state index in [-0.39, 0.29) is 18.0 Å². The zero-order chi connectivity index (χ0) is 7.84. The molecule has 66 valence electrons. The molecule has 2 rings (SSSR count). The summed E-state index contributed by atoms with van der Waals surface area (Å²) in [6, 6.07) is 0. The Morgan fingerprint density at radius 3 is 2.67 bits per heavy atom. The fourth-order valence-corrected chi connectivity index (χ4v) is 1.09. The smallest absolute Gasteiger partial charge is 0.325 e. The summed E-state index contributed by atoms with van der Waals surface area (Å²) in [6.07, 6.45) is 0. The van der Waals surface area contributed by atoms with Gasteiger partial charge in [0.05, 0.1) is 24.5 Å². The summed E-state index contributed by atoms with van der Waals surface area (Å²) in [5.41, 5.74) is 0.309. The van der Waals surface area contributed by atoms with E-state index in [0.717, 1.165) is 0 Å². The summed E-state index contributed by atoms with van der Waals surface area (Å²) in [6.45, 7) is 0.621. The molecule has 0 aliphatic carbocycles. The van der Waals surface area contributed by atoms with Crippen LogP contribution in [0.25, 0.3) is 0 Å². The molecule has 0 bridgehead atoms. The van der Waals surface area contributed by atoms with Crippen LogP contribution in [0.4, 0.5) is 0 Å². The number of fused-ring (bicyclic) bond motifs is 1. The average molecular weight is 191 g/mol. The Hall–Kier alpha value is -1.07. The van der Waals surface area contributed by atoms with Crippen molar-refractivity contribution in [3.05, 3.63) is 32.1 Å². The Bertz CT molecular complexity index is 395. The van der Waals surface area contributed by atoms with Gasteiger partial charge < -0.3 is 9.72 Å². The molecular formula is C6H7ClN2O3. The molecule has 5 nitrogen and oxygen atoms in total. The maximum atomic E-state index is 11.0. The van der Waals surface area contributed by atoms with Gasteiger partial charge in [-0.25, -0.2) is 4.79 Å². The molecule has 2 N–H and O–H groups in total. The van der Waals surface area contributed by atoms with Crippen molar-refractivity contribution in [3.63, 3.8) is 0 Å². The van der Waals surface area contributed by atoms with E-state index in [1.54, 1.807) is 0 Å². The minimum Gasteiger partial charge on any atom is -0.370 e. The van der Waals surface area contributed by atoms with Gasteiger partial charge in [-0.05, 0) is 0 Å². The summed E-state index contributed by atoms with van der Waals surface area (Å²) in [4.78, 5) is 26.3. The van der Waals surface area contributed by atoms with Crippen molar-refractivity contribution < 1.29 is 4.74 Å². The molecule has 1 aliphatic rings. The van der Waals surface area contributed by atoms with Crippen molar-refractivity contribution in [1.29, 1.82) is 0 Å². The Labute approximate surface area is 73.2 Å². The van der Waals surface area contributed by atoms with Crippen molar-refractivity contribution in [2.24, 2.45) is 0 Å². The Kier molecular flexibility index (Phi) is 2.35. The normalized spacial score (nSPS) is 13.7. The van der Waals surface area contributed by atoms with Crippen molar-refractivity contribution >= 4 is 12.4 Å². The van der Waals surface area contributed by atoms with Gasteiger partial charge in [-0.3, -0.25) is 9.78 Å². The fraction of sp³-hybridized carbons (Fsp3) is 0.333. The van der Waals surface area contributed by atoms with Crippen molar-refractivity contribution in [1.82, 2.24) is 9.97 Å². The van der Waals surface area contributed by atoms with E-state index >= 15 is 0 Å². The molecule has 1 aromatic rings. The third-order valence-corrected chi connectivity index (χ3v) is 1.62. The van der Waals surface area contributed by atoms with Crippen LogP contribution >= 0.6 is 12.4 Å². The first kappa shape index (κ1) is 9.02. The maximum absolute atomic E-state index is 11.0. The van der Waals surface area contributed by atoms with E-state index in [0.29, 0.717) is 24.5 Å². The van der Waals surface area contributed by atoms with Crippen LogP contribution in [-0.4, -0.2) is 9.97 Å². The van der Waals surface area contributed by atoms with E-state index in [1.165, 1.54) is 0 Å². The number of nitrogens with one attached hydrogen (secondary N) is 2. The summed E-state index contributed by atoms with van der Waals surface area (Å²) in [5.74, 6) is 0. The number of hydrogen-bond donors (Lipinski definition) is 2. The highest BCUT2D eigenvalue weighted by Crippen LogP contribution is 2.09. The molecule has 1 aliphatic heterocycles. The first-order chi connectivity index (χ1) is 5.27. The van der Waals surface area contributed by atoms with Gasteiger partial charge in [0.15, 0.2) is 0 Å². The zero-order valence-electron chi connectivity index (χ0n) is 6.05. The highest BCUT2D eigenvalue weighted by Gasteiger charge is 2.15. The summed E-state index contributed by atoms with van der Waals surface area (Å²) in [7, 11) is 0. The van der Waals surface area contributed by atoms with Crippen LogP contribution in [0.1, 0.15) is 11.3 Å². The van der Waals surface area contributed by atoms with E-state index in [4.69, 9.17) is 4.74 Å². The monoisotopic (exact) mass is 190 g/mol. The molecule has 0 saturated carbocycles. The van der Waals surface area contributed by atoms with E-state index in [9.17, 15) is 9.59 Å². The minimum absolute atomic E-state index is 0. The van der Waals surface area contributed by atoms with Crippen LogP contribution in [0.5, 0.6) is 0 Å². The lowest BCUT2D eigenvalue weighted by atomic mass is 10.3. The molecule has 0 fully saturated rings. The number of aromatic amines is 2. The number of rotatable bonds is 0. The largest absolute Gasteiger partial charge is 0.370 e. The van der Waals surface area contributed by atoms with Crippen LogP contribution in [0, 0.1) is 0 Å². The van der Waals surface area contributed by atoms with Crippen molar-refractivity contribution in [2.75, 3.05) is 0 Å². The molecule has 0 amide bonds. The third kappa shape index (κ3) is 1.28. The molecule has 0 spiro atoms. The number of ether oxygens (including phenoxy) is 1. The van der Waals surface area contributed by atoms with E-state index in [2.05, 4.69) is 9.97 Å². The van der Waals surface area contributed by atoms with Crippen molar-refractivity contribution in [2.45, 2.75) is 13.2 Å². The topological polar surface area (TPSA) is 75.0 Å². The molecule has 0 aromatic carbocycles. The Morgan fingerprint density at radius 1 is 1.17 bits per heavy atom. The first-order valence-electron chi connectivity index (χ1n) is 3.19. The number of hydrogen-bond acceptors (Lipinski definition) is 3. The number of aromatic nitrogens is 2. The lowest BCUT2D eigenvalue weighted by molar-refractivity contribution is 0.133. The van der Waals surface area contributed by atoms with Gasteiger partial charge in [0.25, 0.3) is 5.56 Å². The minimum atomic E-state index is -0.473. The molecule has 6 heteroatoms. The highest BCUT2D eigenvalue weighted by molar-refractivity contribution is 5.85. The molecular weight excluding hydrogens is 184 g/mol. The standard InChI is InChI=1S/C6H6N2O3.ClH/c9-5-3-1-11-2-4(3)7-6(10)8-5;/h1-2H2,(H2,7,8,9,10);1H. The van der Waals surface area contributed by atoms with Crippen LogP contribution in [0.15, 0.2) is 9.59 Å². The lowest BCUT2D eigenvalue weighted by Gasteiger charge is -1.91. The van der Waals surface area contributed by atoms with Gasteiger partial charge in [0.2, 0.25) is 0 Å². The van der Waals surface area contributed by atoms with E-state index < -0.39 is 5.69 Å². The average Bonchev–Trinajstić information content (AvgIpc) is 2.34. The van der Waals surface area contributed by atoms with Gasteiger partial charge in [-0.2, -0.15) is 0 Å². The summed E-state index contributed by atoms with van der Waals surface area (Å²) >= 11 is 0.